The average molecular weight is 329 g/mol. The minimum Gasteiger partial charge on any atom is -0.338 e. The summed E-state index contributed by atoms with van der Waals surface area (Å²) < 4.78 is 15.0. The largest absolute Gasteiger partial charge is 0.338 e. The van der Waals surface area contributed by atoms with Crippen molar-refractivity contribution in [3.05, 3.63) is 53.6 Å². The van der Waals surface area contributed by atoms with Crippen LogP contribution < -0.4 is 0 Å². The molecular weight excluding hydrogens is 305 g/mol. The van der Waals surface area contributed by atoms with Gasteiger partial charge in [0.25, 0.3) is 5.91 Å². The van der Waals surface area contributed by atoms with Gasteiger partial charge < -0.3 is 4.90 Å². The summed E-state index contributed by atoms with van der Waals surface area (Å²) in [5, 5.41) is 4.19. The maximum Gasteiger partial charge on any atom is 0.257 e. The van der Waals surface area contributed by atoms with Crippen LogP contribution in [0.25, 0.3) is 0 Å². The van der Waals surface area contributed by atoms with Crippen LogP contribution in [0.5, 0.6) is 0 Å². The van der Waals surface area contributed by atoms with Crippen molar-refractivity contribution >= 4 is 5.91 Å². The molecule has 0 bridgehead atoms. The summed E-state index contributed by atoms with van der Waals surface area (Å²) in [6.07, 6.45) is 7.48. The Labute approximate surface area is 142 Å². The van der Waals surface area contributed by atoms with Crippen LogP contribution >= 0.6 is 0 Å². The fourth-order valence-electron chi connectivity index (χ4n) is 3.38. The number of amides is 1. The van der Waals surface area contributed by atoms with Gasteiger partial charge >= 0.3 is 0 Å². The third kappa shape index (κ3) is 4.02. The highest BCUT2D eigenvalue weighted by Crippen LogP contribution is 2.23. The summed E-state index contributed by atoms with van der Waals surface area (Å²) in [5.74, 6) is 0.373. The summed E-state index contributed by atoms with van der Waals surface area (Å²) in [6.45, 7) is 4.37. The highest BCUT2D eigenvalue weighted by Gasteiger charge is 2.25. The number of halogens is 1. The second kappa shape index (κ2) is 7.60. The summed E-state index contributed by atoms with van der Waals surface area (Å²) in [7, 11) is 0. The maximum absolute atomic E-state index is 13.3. The second-order valence-corrected chi connectivity index (χ2v) is 6.51. The van der Waals surface area contributed by atoms with Gasteiger partial charge in [-0.1, -0.05) is 12.1 Å². The number of carbonyl (C=O) groups is 1. The van der Waals surface area contributed by atoms with E-state index in [-0.39, 0.29) is 11.7 Å². The number of benzene rings is 1. The Morgan fingerprint density at radius 3 is 3.04 bits per heavy atom. The van der Waals surface area contributed by atoms with Crippen LogP contribution in [0.3, 0.4) is 0 Å². The molecule has 0 aliphatic carbocycles. The van der Waals surface area contributed by atoms with E-state index >= 15 is 0 Å². The molecule has 1 aliphatic heterocycles. The number of carbonyl (C=O) groups excluding carboxylic acids is 1. The molecule has 128 valence electrons. The lowest BCUT2D eigenvalue weighted by molar-refractivity contribution is 0.0668. The molecule has 5 heteroatoms. The number of aryl methyl sites for hydroxylation is 2. The van der Waals surface area contributed by atoms with Gasteiger partial charge in [-0.05, 0) is 56.2 Å². The van der Waals surface area contributed by atoms with Crippen molar-refractivity contribution < 1.29 is 9.18 Å². The lowest BCUT2D eigenvalue weighted by atomic mass is 9.91. The zero-order valence-corrected chi connectivity index (χ0v) is 14.1. The lowest BCUT2D eigenvalue weighted by Gasteiger charge is -2.32. The topological polar surface area (TPSA) is 38.1 Å². The zero-order valence-electron chi connectivity index (χ0n) is 14.1. The molecule has 1 aromatic heterocycles. The van der Waals surface area contributed by atoms with Crippen molar-refractivity contribution in [2.75, 3.05) is 13.1 Å². The molecular formula is C19H24FN3O. The predicted molar refractivity (Wildman–Crippen MR) is 91.2 cm³/mol. The Balaban J connectivity index is 1.56. The molecule has 4 nitrogen and oxygen atoms in total. The molecule has 2 heterocycles. The highest BCUT2D eigenvalue weighted by molar-refractivity contribution is 5.93. The van der Waals surface area contributed by atoms with Gasteiger partial charge in [-0.25, -0.2) is 4.39 Å². The molecule has 24 heavy (non-hydrogen) atoms. The van der Waals surface area contributed by atoms with Crippen molar-refractivity contribution in [1.82, 2.24) is 14.7 Å². The van der Waals surface area contributed by atoms with Crippen molar-refractivity contribution in [2.24, 2.45) is 5.92 Å². The molecule has 3 rings (SSSR count). The van der Waals surface area contributed by atoms with E-state index in [9.17, 15) is 9.18 Å². The van der Waals surface area contributed by atoms with Crippen LogP contribution in [0.2, 0.25) is 0 Å². The van der Waals surface area contributed by atoms with Crippen LogP contribution in [0.15, 0.2) is 36.7 Å². The van der Waals surface area contributed by atoms with Crippen molar-refractivity contribution in [3.8, 4) is 0 Å². The molecule has 1 atom stereocenters. The zero-order chi connectivity index (χ0) is 16.9. The number of piperidine rings is 1. The van der Waals surface area contributed by atoms with Gasteiger partial charge in [-0.15, -0.1) is 0 Å². The predicted octanol–water partition coefficient (Wildman–Crippen LogP) is 3.53. The average Bonchev–Trinajstić information content (AvgIpc) is 3.09. The highest BCUT2D eigenvalue weighted by atomic mass is 19.1. The smallest absolute Gasteiger partial charge is 0.257 e. The fraction of sp³-hybridized carbons (Fsp3) is 0.474. The quantitative estimate of drug-likeness (QED) is 0.842. The molecule has 1 saturated heterocycles. The first kappa shape index (κ1) is 16.7. The molecule has 0 N–H and O–H groups in total. The monoisotopic (exact) mass is 329 g/mol. The molecule has 0 radical (unpaired) electrons. The Morgan fingerprint density at radius 2 is 2.29 bits per heavy atom. The molecule has 0 saturated carbocycles. The van der Waals surface area contributed by atoms with E-state index in [1.54, 1.807) is 23.0 Å². The molecule has 1 aliphatic rings. The van der Waals surface area contributed by atoms with Crippen LogP contribution in [0, 0.1) is 11.7 Å². The van der Waals surface area contributed by atoms with Gasteiger partial charge in [0.05, 0.1) is 11.8 Å². The SMILES string of the molecule is CCn1cc(C(=O)N2CCC[C@@H](CCc3cccc(F)c3)C2)cn1. The molecule has 2 aromatic rings. The normalized spacial score (nSPS) is 17.9. The van der Waals surface area contributed by atoms with Crippen LogP contribution in [-0.2, 0) is 13.0 Å². The maximum atomic E-state index is 13.3. The molecule has 0 unspecified atom stereocenters. The Bertz CT molecular complexity index is 697. The Hall–Kier alpha value is -2.17. The van der Waals surface area contributed by atoms with E-state index in [4.69, 9.17) is 0 Å². The van der Waals surface area contributed by atoms with Gasteiger partial charge in [0.1, 0.15) is 5.82 Å². The third-order valence-electron chi connectivity index (χ3n) is 4.74. The summed E-state index contributed by atoms with van der Waals surface area (Å²) in [6, 6.07) is 6.80. The van der Waals surface area contributed by atoms with Crippen LogP contribution in [0.4, 0.5) is 4.39 Å². The summed E-state index contributed by atoms with van der Waals surface area (Å²) in [5.41, 5.74) is 1.70. The first-order valence-electron chi connectivity index (χ1n) is 8.72. The van der Waals surface area contributed by atoms with Gasteiger partial charge in [0.15, 0.2) is 0 Å². The van der Waals surface area contributed by atoms with Gasteiger partial charge in [0, 0.05) is 25.8 Å². The molecule has 0 spiro atoms. The number of aromatic nitrogens is 2. The second-order valence-electron chi connectivity index (χ2n) is 6.51. The van der Waals surface area contributed by atoms with Crippen LogP contribution in [-0.4, -0.2) is 33.7 Å². The number of rotatable bonds is 5. The van der Waals surface area contributed by atoms with Gasteiger partial charge in [-0.3, -0.25) is 9.48 Å². The van der Waals surface area contributed by atoms with Crippen molar-refractivity contribution in [1.29, 1.82) is 0 Å². The number of hydrogen-bond donors (Lipinski definition) is 0. The fourth-order valence-corrected chi connectivity index (χ4v) is 3.38. The van der Waals surface area contributed by atoms with Gasteiger partial charge in [-0.2, -0.15) is 5.10 Å². The Morgan fingerprint density at radius 1 is 1.42 bits per heavy atom. The standard InChI is InChI=1S/C19H24FN3O/c1-2-23-14-17(12-21-23)19(24)22-10-4-6-16(13-22)9-8-15-5-3-7-18(20)11-15/h3,5,7,11-12,14,16H,2,4,6,8-10,13H2,1H3/t16-/m0/s1. The lowest BCUT2D eigenvalue weighted by Crippen LogP contribution is -2.40. The third-order valence-corrected chi connectivity index (χ3v) is 4.74. The molecule has 1 aromatic carbocycles. The number of likely N-dealkylation sites (tertiary alicyclic amines) is 1. The van der Waals surface area contributed by atoms with E-state index in [1.807, 2.05) is 24.1 Å². The van der Waals surface area contributed by atoms with E-state index in [1.165, 1.54) is 6.07 Å². The minimum absolute atomic E-state index is 0.0742. The Kier molecular flexibility index (Phi) is 5.28. The minimum atomic E-state index is -0.180. The summed E-state index contributed by atoms with van der Waals surface area (Å²) >= 11 is 0. The van der Waals surface area contributed by atoms with E-state index in [0.717, 1.165) is 50.9 Å². The van der Waals surface area contributed by atoms with E-state index in [0.29, 0.717) is 11.5 Å². The van der Waals surface area contributed by atoms with Crippen LogP contribution in [0.1, 0.15) is 42.1 Å². The number of nitrogens with zero attached hydrogens (tertiary/aromatic N) is 3. The van der Waals surface area contributed by atoms with Gasteiger partial charge in [0.2, 0.25) is 0 Å². The van der Waals surface area contributed by atoms with E-state index < -0.39 is 0 Å². The summed E-state index contributed by atoms with van der Waals surface area (Å²) in [4.78, 5) is 14.6. The first-order chi connectivity index (χ1) is 11.7. The molecule has 1 fully saturated rings. The van der Waals surface area contributed by atoms with E-state index in [2.05, 4.69) is 5.10 Å². The molecule has 1 amide bonds. The van der Waals surface area contributed by atoms with Crippen molar-refractivity contribution in [3.63, 3.8) is 0 Å². The first-order valence-corrected chi connectivity index (χ1v) is 8.72. The van der Waals surface area contributed by atoms with Crippen molar-refractivity contribution in [2.45, 2.75) is 39.2 Å². The number of hydrogen-bond acceptors (Lipinski definition) is 2.